The van der Waals surface area contributed by atoms with Crippen LogP contribution in [0.15, 0.2) is 41.5 Å². The predicted octanol–water partition coefficient (Wildman–Crippen LogP) is 1.25. The molecule has 0 spiro atoms. The van der Waals surface area contributed by atoms with E-state index in [1.165, 1.54) is 17.1 Å². The number of hydrogen-bond acceptors (Lipinski definition) is 5. The molecule has 0 amide bonds. The van der Waals surface area contributed by atoms with Gasteiger partial charge in [-0.05, 0) is 24.3 Å². The van der Waals surface area contributed by atoms with E-state index in [2.05, 4.69) is 20.3 Å². The second kappa shape index (κ2) is 4.78. The SMILES string of the molecule is Nc1cc(=O)n(-c2ccc(Cl)cc2)nc1-c1nc[nH]n1. The summed E-state index contributed by atoms with van der Waals surface area (Å²) in [6.45, 7) is 0. The van der Waals surface area contributed by atoms with E-state index in [0.717, 1.165) is 0 Å². The van der Waals surface area contributed by atoms with Gasteiger partial charge in [0.25, 0.3) is 5.56 Å². The monoisotopic (exact) mass is 288 g/mol. The zero-order chi connectivity index (χ0) is 14.1. The molecule has 1 aromatic carbocycles. The number of hydrogen-bond donors (Lipinski definition) is 2. The average Bonchev–Trinajstić information content (AvgIpc) is 2.94. The van der Waals surface area contributed by atoms with E-state index >= 15 is 0 Å². The van der Waals surface area contributed by atoms with E-state index in [9.17, 15) is 4.79 Å². The van der Waals surface area contributed by atoms with E-state index in [1.54, 1.807) is 24.3 Å². The maximum Gasteiger partial charge on any atom is 0.273 e. The van der Waals surface area contributed by atoms with Crippen LogP contribution >= 0.6 is 11.6 Å². The lowest BCUT2D eigenvalue weighted by atomic mass is 10.3. The molecule has 3 aromatic rings. The van der Waals surface area contributed by atoms with E-state index in [0.29, 0.717) is 22.2 Å². The summed E-state index contributed by atoms with van der Waals surface area (Å²) in [6, 6.07) is 8.01. The van der Waals surface area contributed by atoms with Crippen molar-refractivity contribution in [2.75, 3.05) is 5.73 Å². The van der Waals surface area contributed by atoms with Gasteiger partial charge < -0.3 is 5.73 Å². The lowest BCUT2D eigenvalue weighted by Crippen LogP contribution is -2.22. The van der Waals surface area contributed by atoms with Gasteiger partial charge in [-0.1, -0.05) is 11.6 Å². The maximum atomic E-state index is 12.0. The van der Waals surface area contributed by atoms with Crippen LogP contribution in [0.3, 0.4) is 0 Å². The van der Waals surface area contributed by atoms with Gasteiger partial charge >= 0.3 is 0 Å². The van der Waals surface area contributed by atoms with Gasteiger partial charge in [0.1, 0.15) is 6.33 Å². The summed E-state index contributed by atoms with van der Waals surface area (Å²) >= 11 is 5.82. The van der Waals surface area contributed by atoms with Crippen LogP contribution in [0.2, 0.25) is 5.02 Å². The van der Waals surface area contributed by atoms with E-state index in [1.807, 2.05) is 0 Å². The molecule has 0 unspecified atom stereocenters. The van der Waals surface area contributed by atoms with Gasteiger partial charge in [-0.3, -0.25) is 9.89 Å². The Labute approximate surface area is 118 Å². The largest absolute Gasteiger partial charge is 0.397 e. The molecule has 2 aromatic heterocycles. The third-order valence-corrected chi connectivity index (χ3v) is 2.91. The number of halogens is 1. The highest BCUT2D eigenvalue weighted by molar-refractivity contribution is 6.30. The first-order valence-corrected chi connectivity index (χ1v) is 6.05. The predicted molar refractivity (Wildman–Crippen MR) is 74.6 cm³/mol. The molecule has 0 saturated heterocycles. The summed E-state index contributed by atoms with van der Waals surface area (Å²) in [7, 11) is 0. The Morgan fingerprint density at radius 3 is 2.65 bits per heavy atom. The maximum absolute atomic E-state index is 12.0. The number of aromatic nitrogens is 5. The van der Waals surface area contributed by atoms with Gasteiger partial charge in [-0.15, -0.1) is 0 Å². The zero-order valence-corrected chi connectivity index (χ0v) is 10.9. The van der Waals surface area contributed by atoms with Crippen LogP contribution < -0.4 is 11.3 Å². The minimum atomic E-state index is -0.343. The molecular formula is C12H9ClN6O. The van der Waals surface area contributed by atoms with Crippen molar-refractivity contribution in [3.05, 3.63) is 52.0 Å². The summed E-state index contributed by atoms with van der Waals surface area (Å²) in [6.07, 6.45) is 1.41. The molecule has 20 heavy (non-hydrogen) atoms. The minimum Gasteiger partial charge on any atom is -0.397 e. The van der Waals surface area contributed by atoms with Gasteiger partial charge in [0.15, 0.2) is 5.69 Å². The number of aromatic amines is 1. The number of nitrogen functional groups attached to an aromatic ring is 1. The molecule has 100 valence electrons. The Morgan fingerprint density at radius 2 is 2.00 bits per heavy atom. The van der Waals surface area contributed by atoms with Crippen molar-refractivity contribution in [1.82, 2.24) is 25.0 Å². The van der Waals surface area contributed by atoms with Gasteiger partial charge in [-0.2, -0.15) is 14.9 Å². The standard InChI is InChI=1S/C12H9ClN6O/c13-7-1-3-8(4-2-7)19-10(20)5-9(14)11(18-19)12-15-6-16-17-12/h1-6H,14H2,(H,15,16,17). The second-order valence-corrected chi connectivity index (χ2v) is 4.43. The van der Waals surface area contributed by atoms with Crippen molar-refractivity contribution in [1.29, 1.82) is 0 Å². The Bertz CT molecular complexity index is 794. The highest BCUT2D eigenvalue weighted by atomic mass is 35.5. The van der Waals surface area contributed by atoms with E-state index in [4.69, 9.17) is 17.3 Å². The topological polar surface area (TPSA) is 102 Å². The van der Waals surface area contributed by atoms with Crippen LogP contribution in [-0.2, 0) is 0 Å². The number of H-pyrrole nitrogens is 1. The zero-order valence-electron chi connectivity index (χ0n) is 10.1. The van der Waals surface area contributed by atoms with Gasteiger partial charge in [0.2, 0.25) is 5.82 Å². The van der Waals surface area contributed by atoms with Crippen molar-refractivity contribution in [3.8, 4) is 17.2 Å². The molecular weight excluding hydrogens is 280 g/mol. The lowest BCUT2D eigenvalue weighted by Gasteiger charge is -2.07. The van der Waals surface area contributed by atoms with Crippen LogP contribution in [0, 0.1) is 0 Å². The molecule has 0 radical (unpaired) electrons. The fourth-order valence-electron chi connectivity index (χ4n) is 1.73. The third kappa shape index (κ3) is 2.14. The number of anilines is 1. The minimum absolute atomic E-state index is 0.222. The van der Waals surface area contributed by atoms with Crippen LogP contribution in [0.4, 0.5) is 5.69 Å². The molecule has 0 fully saturated rings. The number of nitrogens with zero attached hydrogens (tertiary/aromatic N) is 4. The molecule has 2 heterocycles. The Kier molecular flexibility index (Phi) is 2.96. The Hall–Kier alpha value is -2.67. The van der Waals surface area contributed by atoms with Crippen LogP contribution in [0.25, 0.3) is 17.2 Å². The molecule has 3 N–H and O–H groups in total. The third-order valence-electron chi connectivity index (χ3n) is 2.66. The molecule has 3 rings (SSSR count). The fourth-order valence-corrected chi connectivity index (χ4v) is 1.86. The first-order chi connectivity index (χ1) is 9.65. The molecule has 0 atom stereocenters. The van der Waals surface area contributed by atoms with Gasteiger partial charge in [-0.25, -0.2) is 4.98 Å². The van der Waals surface area contributed by atoms with E-state index in [-0.39, 0.29) is 11.2 Å². The van der Waals surface area contributed by atoms with Crippen molar-refractivity contribution < 1.29 is 0 Å². The summed E-state index contributed by atoms with van der Waals surface area (Å²) in [5.41, 5.74) is 6.59. The summed E-state index contributed by atoms with van der Waals surface area (Å²) in [5.74, 6) is 0.324. The van der Waals surface area contributed by atoms with Gasteiger partial charge in [0, 0.05) is 11.1 Å². The van der Waals surface area contributed by atoms with E-state index < -0.39 is 0 Å². The molecule has 0 aliphatic heterocycles. The van der Waals surface area contributed by atoms with Crippen LogP contribution in [0.1, 0.15) is 0 Å². The molecule has 0 aliphatic carbocycles. The number of nitrogens with one attached hydrogen (secondary N) is 1. The fraction of sp³-hybridized carbons (Fsp3) is 0. The Balaban J connectivity index is 2.19. The van der Waals surface area contributed by atoms with Gasteiger partial charge in [0.05, 0.1) is 11.4 Å². The van der Waals surface area contributed by atoms with Crippen LogP contribution in [-0.4, -0.2) is 25.0 Å². The van der Waals surface area contributed by atoms with Crippen molar-refractivity contribution >= 4 is 17.3 Å². The summed E-state index contributed by atoms with van der Waals surface area (Å²) < 4.78 is 1.22. The number of rotatable bonds is 2. The lowest BCUT2D eigenvalue weighted by molar-refractivity contribution is 0.810. The molecule has 8 heteroatoms. The smallest absolute Gasteiger partial charge is 0.273 e. The highest BCUT2D eigenvalue weighted by Crippen LogP contribution is 2.18. The van der Waals surface area contributed by atoms with Crippen molar-refractivity contribution in [3.63, 3.8) is 0 Å². The summed E-state index contributed by atoms with van der Waals surface area (Å²) in [5, 5.41) is 11.3. The number of nitrogens with two attached hydrogens (primary N) is 1. The molecule has 0 aliphatic rings. The first-order valence-electron chi connectivity index (χ1n) is 5.67. The van der Waals surface area contributed by atoms with Crippen molar-refractivity contribution in [2.24, 2.45) is 0 Å². The second-order valence-electron chi connectivity index (χ2n) is 4.00. The molecule has 0 saturated carbocycles. The van der Waals surface area contributed by atoms with Crippen molar-refractivity contribution in [2.45, 2.75) is 0 Å². The highest BCUT2D eigenvalue weighted by Gasteiger charge is 2.12. The Morgan fingerprint density at radius 1 is 1.25 bits per heavy atom. The molecule has 0 bridgehead atoms. The first kappa shape index (κ1) is 12.4. The normalized spacial score (nSPS) is 10.7. The molecule has 7 nitrogen and oxygen atoms in total. The van der Waals surface area contributed by atoms with Crippen LogP contribution in [0.5, 0.6) is 0 Å². The summed E-state index contributed by atoms with van der Waals surface area (Å²) in [4.78, 5) is 16.0. The number of benzene rings is 1. The quantitative estimate of drug-likeness (QED) is 0.739. The average molecular weight is 289 g/mol.